The van der Waals surface area contributed by atoms with Gasteiger partial charge < -0.3 is 5.32 Å². The maximum absolute atomic E-state index is 4.97. The molecule has 0 amide bonds. The minimum atomic E-state index is 0.110. The van der Waals surface area contributed by atoms with Crippen LogP contribution in [0, 0.1) is 0 Å². The molecule has 1 N–H and O–H groups in total. The van der Waals surface area contributed by atoms with E-state index in [9.17, 15) is 0 Å². The van der Waals surface area contributed by atoms with Gasteiger partial charge in [-0.25, -0.2) is 0 Å². The number of hydrogen-bond donors (Lipinski definition) is 1. The van der Waals surface area contributed by atoms with Gasteiger partial charge in [0.15, 0.2) is 0 Å². The number of nitrogens with zero attached hydrogens (tertiary/aromatic N) is 1. The maximum Gasteiger partial charge on any atom is 0.130 e. The molecule has 2 nitrogen and oxygen atoms in total. The monoisotopic (exact) mass is 304 g/mol. The van der Waals surface area contributed by atoms with Gasteiger partial charge in [0, 0.05) is 10.9 Å². The molecule has 0 saturated heterocycles. The van der Waals surface area contributed by atoms with E-state index in [0.717, 1.165) is 5.84 Å². The lowest BCUT2D eigenvalue weighted by Gasteiger charge is -2.19. The number of benzene rings is 2. The molecule has 1 aliphatic heterocycles. The largest absolute Gasteiger partial charge is 0.360 e. The Hall–Kier alpha value is -2.39. The molecule has 0 unspecified atom stereocenters. The minimum absolute atomic E-state index is 0.110. The summed E-state index contributed by atoms with van der Waals surface area (Å²) in [4.78, 5) is 4.97. The molecule has 22 heavy (non-hydrogen) atoms. The van der Waals surface area contributed by atoms with E-state index in [0.29, 0.717) is 0 Å². The summed E-state index contributed by atoms with van der Waals surface area (Å²) in [6.45, 7) is 0. The maximum atomic E-state index is 4.97. The van der Waals surface area contributed by atoms with Crippen LogP contribution in [0.3, 0.4) is 0 Å². The molecule has 0 saturated carbocycles. The van der Waals surface area contributed by atoms with E-state index in [4.69, 9.17) is 4.99 Å². The summed E-state index contributed by atoms with van der Waals surface area (Å²) >= 11 is 1.70. The van der Waals surface area contributed by atoms with Gasteiger partial charge in [0.05, 0.1) is 6.04 Å². The summed E-state index contributed by atoms with van der Waals surface area (Å²) in [5, 5.41) is 7.85. The highest BCUT2D eigenvalue weighted by molar-refractivity contribution is 7.08. The molecule has 2 atom stereocenters. The number of nitrogens with one attached hydrogen (secondary N) is 1. The van der Waals surface area contributed by atoms with Crippen LogP contribution in [-0.4, -0.2) is 5.84 Å². The molecule has 1 aliphatic rings. The van der Waals surface area contributed by atoms with Crippen LogP contribution in [0.4, 0.5) is 0 Å². The van der Waals surface area contributed by atoms with E-state index in [1.807, 2.05) is 6.07 Å². The van der Waals surface area contributed by atoms with Crippen molar-refractivity contribution in [2.75, 3.05) is 0 Å². The molecular weight excluding hydrogens is 288 g/mol. The minimum Gasteiger partial charge on any atom is -0.360 e. The highest BCUT2D eigenvalue weighted by Crippen LogP contribution is 2.36. The highest BCUT2D eigenvalue weighted by Gasteiger charge is 2.31. The van der Waals surface area contributed by atoms with Gasteiger partial charge in [-0.05, 0) is 22.6 Å². The first kappa shape index (κ1) is 13.3. The standard InChI is InChI=1S/C19H16N2S/c1-3-7-14(8-4-1)17-18(15-9-5-2-6-10-15)21-19(20-17)16-11-12-22-13-16/h1-13,17-18H,(H,20,21)/t17-,18-/m1/s1. The molecule has 0 radical (unpaired) electrons. The Morgan fingerprint density at radius 1 is 0.818 bits per heavy atom. The van der Waals surface area contributed by atoms with Crippen molar-refractivity contribution < 1.29 is 0 Å². The van der Waals surface area contributed by atoms with Crippen molar-refractivity contribution in [3.05, 3.63) is 94.2 Å². The first-order chi connectivity index (χ1) is 10.9. The molecule has 4 rings (SSSR count). The lowest BCUT2D eigenvalue weighted by Crippen LogP contribution is -2.24. The average molecular weight is 304 g/mol. The summed E-state index contributed by atoms with van der Waals surface area (Å²) in [5.41, 5.74) is 3.68. The van der Waals surface area contributed by atoms with Gasteiger partial charge >= 0.3 is 0 Å². The van der Waals surface area contributed by atoms with Crippen molar-refractivity contribution in [1.82, 2.24) is 5.32 Å². The third-order valence-electron chi connectivity index (χ3n) is 3.97. The normalized spacial score (nSPS) is 20.5. The Bertz CT molecular complexity index is 764. The van der Waals surface area contributed by atoms with Gasteiger partial charge in [0.25, 0.3) is 0 Å². The molecule has 0 spiro atoms. The lowest BCUT2D eigenvalue weighted by atomic mass is 9.95. The summed E-state index contributed by atoms with van der Waals surface area (Å²) in [5.74, 6) is 0.990. The van der Waals surface area contributed by atoms with Gasteiger partial charge in [-0.2, -0.15) is 11.3 Å². The number of thiophene rings is 1. The van der Waals surface area contributed by atoms with Gasteiger partial charge in [0.2, 0.25) is 0 Å². The Morgan fingerprint density at radius 3 is 2.14 bits per heavy atom. The summed E-state index contributed by atoms with van der Waals surface area (Å²) in [6, 6.07) is 23.5. The van der Waals surface area contributed by atoms with Crippen molar-refractivity contribution in [2.24, 2.45) is 4.99 Å². The SMILES string of the molecule is c1ccc([C@H]2N=C(c3ccsc3)N[C@@H]2c2ccccc2)cc1. The zero-order chi connectivity index (χ0) is 14.8. The second-order valence-electron chi connectivity index (χ2n) is 5.38. The Morgan fingerprint density at radius 2 is 1.50 bits per heavy atom. The topological polar surface area (TPSA) is 24.4 Å². The van der Waals surface area contributed by atoms with Crippen molar-refractivity contribution in [3.63, 3.8) is 0 Å². The molecule has 3 heteroatoms. The molecule has 3 aromatic rings. The van der Waals surface area contributed by atoms with Crippen LogP contribution in [0.1, 0.15) is 28.8 Å². The fourth-order valence-corrected chi connectivity index (χ4v) is 3.52. The highest BCUT2D eigenvalue weighted by atomic mass is 32.1. The number of rotatable bonds is 3. The smallest absolute Gasteiger partial charge is 0.130 e. The Kier molecular flexibility index (Phi) is 3.49. The molecule has 0 aliphatic carbocycles. The fraction of sp³-hybridized carbons (Fsp3) is 0.105. The zero-order valence-corrected chi connectivity index (χ0v) is 12.8. The Labute approximate surface area is 134 Å². The average Bonchev–Trinajstić information content (AvgIpc) is 3.26. The van der Waals surface area contributed by atoms with E-state index in [1.54, 1.807) is 11.3 Å². The quantitative estimate of drug-likeness (QED) is 0.752. The molecular formula is C19H16N2S. The Balaban J connectivity index is 1.75. The summed E-state index contributed by atoms with van der Waals surface area (Å²) in [6.07, 6.45) is 0. The summed E-state index contributed by atoms with van der Waals surface area (Å²) < 4.78 is 0. The van der Waals surface area contributed by atoms with Crippen LogP contribution in [0.2, 0.25) is 0 Å². The first-order valence-electron chi connectivity index (χ1n) is 7.38. The second kappa shape index (κ2) is 5.78. The number of amidine groups is 1. The zero-order valence-electron chi connectivity index (χ0n) is 12.0. The van der Waals surface area contributed by atoms with Crippen molar-refractivity contribution >= 4 is 17.2 Å². The predicted octanol–water partition coefficient (Wildman–Crippen LogP) is 4.58. The molecule has 2 aromatic carbocycles. The van der Waals surface area contributed by atoms with Crippen molar-refractivity contribution in [1.29, 1.82) is 0 Å². The number of hydrogen-bond acceptors (Lipinski definition) is 3. The second-order valence-corrected chi connectivity index (χ2v) is 6.16. The van der Waals surface area contributed by atoms with E-state index in [2.05, 4.69) is 76.7 Å². The van der Waals surface area contributed by atoms with E-state index < -0.39 is 0 Å². The van der Waals surface area contributed by atoms with Crippen molar-refractivity contribution in [3.8, 4) is 0 Å². The van der Waals surface area contributed by atoms with Crippen LogP contribution in [0.15, 0.2) is 82.5 Å². The van der Waals surface area contributed by atoms with Gasteiger partial charge in [-0.15, -0.1) is 0 Å². The summed E-state index contributed by atoms with van der Waals surface area (Å²) in [7, 11) is 0. The van der Waals surface area contributed by atoms with Gasteiger partial charge in [-0.3, -0.25) is 4.99 Å². The van der Waals surface area contributed by atoms with E-state index >= 15 is 0 Å². The van der Waals surface area contributed by atoms with Crippen molar-refractivity contribution in [2.45, 2.75) is 12.1 Å². The lowest BCUT2D eigenvalue weighted by molar-refractivity contribution is 0.572. The molecule has 0 fully saturated rings. The molecule has 108 valence electrons. The van der Waals surface area contributed by atoms with Crippen LogP contribution in [-0.2, 0) is 0 Å². The van der Waals surface area contributed by atoms with Crippen LogP contribution >= 0.6 is 11.3 Å². The van der Waals surface area contributed by atoms with E-state index in [-0.39, 0.29) is 12.1 Å². The van der Waals surface area contributed by atoms with Gasteiger partial charge in [-0.1, -0.05) is 60.7 Å². The molecule has 2 heterocycles. The molecule has 1 aromatic heterocycles. The van der Waals surface area contributed by atoms with E-state index in [1.165, 1.54) is 16.7 Å². The predicted molar refractivity (Wildman–Crippen MR) is 92.4 cm³/mol. The van der Waals surface area contributed by atoms with Gasteiger partial charge in [0.1, 0.15) is 11.9 Å². The van der Waals surface area contributed by atoms with Crippen LogP contribution < -0.4 is 5.32 Å². The number of aliphatic imine (C=N–C) groups is 1. The van der Waals surface area contributed by atoms with Crippen LogP contribution in [0.25, 0.3) is 0 Å². The van der Waals surface area contributed by atoms with Crippen LogP contribution in [0.5, 0.6) is 0 Å². The first-order valence-corrected chi connectivity index (χ1v) is 8.33. The fourth-order valence-electron chi connectivity index (χ4n) is 2.88. The third kappa shape index (κ3) is 2.44. The molecule has 0 bridgehead atoms. The third-order valence-corrected chi connectivity index (χ3v) is 4.65.